The Morgan fingerprint density at radius 3 is 2.14 bits per heavy atom. The van der Waals surface area contributed by atoms with Gasteiger partial charge in [-0.2, -0.15) is 0 Å². The topological polar surface area (TPSA) is 43.7 Å². The molecule has 3 aromatic carbocycles. The van der Waals surface area contributed by atoms with Gasteiger partial charge >= 0.3 is 0 Å². The van der Waals surface area contributed by atoms with Gasteiger partial charge in [-0.3, -0.25) is 4.90 Å². The fourth-order valence-corrected chi connectivity index (χ4v) is 4.52. The van der Waals surface area contributed by atoms with E-state index in [-0.39, 0.29) is 11.8 Å². The van der Waals surface area contributed by atoms with Crippen molar-refractivity contribution in [3.05, 3.63) is 101 Å². The average Bonchev–Trinajstić information content (AvgIpc) is 3.20. The summed E-state index contributed by atoms with van der Waals surface area (Å²) in [6.45, 7) is 1.40. The van der Waals surface area contributed by atoms with Crippen LogP contribution in [0.15, 0.2) is 78.9 Å². The summed E-state index contributed by atoms with van der Waals surface area (Å²) in [6, 6.07) is 24.7. The first-order valence-electron chi connectivity index (χ1n) is 9.64. The van der Waals surface area contributed by atoms with Gasteiger partial charge in [0.1, 0.15) is 11.4 Å². The molecule has 144 valence electrons. The van der Waals surface area contributed by atoms with Crippen molar-refractivity contribution in [2.45, 2.75) is 31.0 Å². The highest BCUT2D eigenvalue weighted by atomic mass is 35.5. The zero-order valence-electron chi connectivity index (χ0n) is 15.6. The number of hydrogen-bond acceptors (Lipinski definition) is 3. The van der Waals surface area contributed by atoms with Gasteiger partial charge in [-0.1, -0.05) is 72.3 Å². The number of benzene rings is 3. The molecule has 0 aliphatic carbocycles. The van der Waals surface area contributed by atoms with Crippen molar-refractivity contribution < 1.29 is 10.2 Å². The highest BCUT2D eigenvalue weighted by Crippen LogP contribution is 2.41. The second-order valence-electron chi connectivity index (χ2n) is 7.40. The maximum absolute atomic E-state index is 12.1. The van der Waals surface area contributed by atoms with Gasteiger partial charge in [0.2, 0.25) is 0 Å². The van der Waals surface area contributed by atoms with Crippen molar-refractivity contribution in [1.82, 2.24) is 4.90 Å². The Labute approximate surface area is 170 Å². The number of halogens is 1. The second kappa shape index (κ2) is 7.96. The quantitative estimate of drug-likeness (QED) is 0.644. The van der Waals surface area contributed by atoms with E-state index in [9.17, 15) is 10.2 Å². The lowest BCUT2D eigenvalue weighted by molar-refractivity contribution is -0.00672. The largest absolute Gasteiger partial charge is 0.508 e. The molecule has 1 atom stereocenters. The minimum atomic E-state index is -1.13. The van der Waals surface area contributed by atoms with Crippen molar-refractivity contribution in [1.29, 1.82) is 0 Å². The molecule has 0 unspecified atom stereocenters. The summed E-state index contributed by atoms with van der Waals surface area (Å²) in [5.41, 5.74) is 1.41. The molecule has 1 saturated heterocycles. The summed E-state index contributed by atoms with van der Waals surface area (Å²) in [5.74, 6) is 0.234. The molecule has 0 radical (unpaired) electrons. The zero-order valence-corrected chi connectivity index (χ0v) is 16.4. The molecule has 3 aromatic rings. The maximum Gasteiger partial charge on any atom is 0.130 e. The molecule has 0 aromatic heterocycles. The average molecular weight is 394 g/mol. The molecule has 1 fully saturated rings. The van der Waals surface area contributed by atoms with Gasteiger partial charge in [0.05, 0.1) is 0 Å². The summed E-state index contributed by atoms with van der Waals surface area (Å²) in [7, 11) is 0. The van der Waals surface area contributed by atoms with E-state index in [4.69, 9.17) is 11.6 Å². The third-order valence-electron chi connectivity index (χ3n) is 5.69. The van der Waals surface area contributed by atoms with Gasteiger partial charge in [0.15, 0.2) is 0 Å². The number of nitrogens with zero attached hydrogens (tertiary/aromatic N) is 1. The van der Waals surface area contributed by atoms with Crippen molar-refractivity contribution in [3.8, 4) is 5.75 Å². The SMILES string of the molecule is Oc1ccc(Cl)cc1CN1CCC[C@H]1C(O)(c1ccccc1)c1ccccc1. The van der Waals surface area contributed by atoms with Crippen LogP contribution in [0.3, 0.4) is 0 Å². The lowest BCUT2D eigenvalue weighted by Gasteiger charge is -2.40. The molecule has 28 heavy (non-hydrogen) atoms. The van der Waals surface area contributed by atoms with E-state index in [0.717, 1.165) is 36.1 Å². The molecule has 3 nitrogen and oxygen atoms in total. The van der Waals surface area contributed by atoms with Gasteiger partial charge in [-0.15, -0.1) is 0 Å². The van der Waals surface area contributed by atoms with E-state index in [1.54, 1.807) is 18.2 Å². The van der Waals surface area contributed by atoms with Crippen LogP contribution in [0.5, 0.6) is 5.75 Å². The number of phenols is 1. The van der Waals surface area contributed by atoms with E-state index in [1.807, 2.05) is 60.7 Å². The minimum absolute atomic E-state index is 0.101. The van der Waals surface area contributed by atoms with Gasteiger partial charge < -0.3 is 10.2 Å². The Balaban J connectivity index is 1.74. The van der Waals surface area contributed by atoms with E-state index in [2.05, 4.69) is 4.90 Å². The number of hydrogen-bond donors (Lipinski definition) is 2. The molecule has 0 bridgehead atoms. The molecule has 1 aliphatic heterocycles. The number of aromatic hydroxyl groups is 1. The molecule has 0 amide bonds. The molecule has 1 heterocycles. The fraction of sp³-hybridized carbons (Fsp3) is 0.250. The standard InChI is InChI=1S/C24H24ClNO2/c25-21-13-14-22(27)18(16-21)17-26-15-7-12-23(26)24(28,19-8-3-1-4-9-19)20-10-5-2-6-11-20/h1-6,8-11,13-14,16,23,27-28H,7,12,15,17H2/t23-/m0/s1. The predicted octanol–water partition coefficient (Wildman–Crippen LogP) is 4.95. The number of phenolic OH excluding ortho intramolecular Hbond substituents is 1. The van der Waals surface area contributed by atoms with Gasteiger partial charge in [-0.25, -0.2) is 0 Å². The van der Waals surface area contributed by atoms with Crippen LogP contribution in [0, 0.1) is 0 Å². The van der Waals surface area contributed by atoms with Crippen LogP contribution >= 0.6 is 11.6 Å². The zero-order chi connectivity index (χ0) is 19.6. The summed E-state index contributed by atoms with van der Waals surface area (Å²) in [6.07, 6.45) is 1.87. The monoisotopic (exact) mass is 393 g/mol. The van der Waals surface area contributed by atoms with Crippen LogP contribution in [0.25, 0.3) is 0 Å². The number of likely N-dealkylation sites (tertiary alicyclic amines) is 1. The van der Waals surface area contributed by atoms with Gasteiger partial charge in [0.25, 0.3) is 0 Å². The van der Waals surface area contributed by atoms with Gasteiger partial charge in [0, 0.05) is 23.2 Å². The van der Waals surface area contributed by atoms with E-state index in [0.29, 0.717) is 11.6 Å². The third-order valence-corrected chi connectivity index (χ3v) is 5.92. The van der Waals surface area contributed by atoms with Crippen LogP contribution in [-0.4, -0.2) is 27.7 Å². The summed E-state index contributed by atoms with van der Waals surface area (Å²) >= 11 is 6.14. The first kappa shape index (κ1) is 19.0. The lowest BCUT2D eigenvalue weighted by atomic mass is 9.79. The number of rotatable bonds is 5. The van der Waals surface area contributed by atoms with Crippen molar-refractivity contribution in [2.75, 3.05) is 6.54 Å². The van der Waals surface area contributed by atoms with Crippen molar-refractivity contribution in [2.24, 2.45) is 0 Å². The van der Waals surface area contributed by atoms with Crippen LogP contribution in [0.1, 0.15) is 29.5 Å². The fourth-order valence-electron chi connectivity index (χ4n) is 4.32. The van der Waals surface area contributed by atoms with Gasteiger partial charge in [-0.05, 0) is 48.7 Å². The lowest BCUT2D eigenvalue weighted by Crippen LogP contribution is -2.48. The Bertz CT molecular complexity index is 890. The summed E-state index contributed by atoms with van der Waals surface area (Å²) < 4.78 is 0. The molecule has 0 spiro atoms. The van der Waals surface area contributed by atoms with Crippen LogP contribution in [0.4, 0.5) is 0 Å². The summed E-state index contributed by atoms with van der Waals surface area (Å²) in [4.78, 5) is 2.26. The summed E-state index contributed by atoms with van der Waals surface area (Å²) in [5, 5.41) is 23.0. The van der Waals surface area contributed by atoms with E-state index < -0.39 is 5.60 Å². The normalized spacial score (nSPS) is 17.7. The molecular weight excluding hydrogens is 370 g/mol. The van der Waals surface area contributed by atoms with Crippen molar-refractivity contribution >= 4 is 11.6 Å². The maximum atomic E-state index is 12.1. The first-order chi connectivity index (χ1) is 13.6. The van der Waals surface area contributed by atoms with E-state index >= 15 is 0 Å². The first-order valence-corrected chi connectivity index (χ1v) is 10.0. The second-order valence-corrected chi connectivity index (χ2v) is 7.84. The Kier molecular flexibility index (Phi) is 5.40. The molecule has 4 heteroatoms. The Hall–Kier alpha value is -2.33. The highest BCUT2D eigenvalue weighted by molar-refractivity contribution is 6.30. The van der Waals surface area contributed by atoms with Crippen molar-refractivity contribution in [3.63, 3.8) is 0 Å². The van der Waals surface area contributed by atoms with E-state index in [1.165, 1.54) is 0 Å². The van der Waals surface area contributed by atoms with Crippen LogP contribution < -0.4 is 0 Å². The molecule has 0 saturated carbocycles. The highest BCUT2D eigenvalue weighted by Gasteiger charge is 2.45. The molecule has 1 aliphatic rings. The molecular formula is C24H24ClNO2. The number of aliphatic hydroxyl groups is 1. The Morgan fingerprint density at radius 1 is 0.929 bits per heavy atom. The molecule has 2 N–H and O–H groups in total. The molecule has 4 rings (SSSR count). The third kappa shape index (κ3) is 3.53. The smallest absolute Gasteiger partial charge is 0.130 e. The predicted molar refractivity (Wildman–Crippen MR) is 112 cm³/mol. The minimum Gasteiger partial charge on any atom is -0.508 e. The van der Waals surface area contributed by atoms with Crippen LogP contribution in [-0.2, 0) is 12.1 Å². The van der Waals surface area contributed by atoms with Crippen LogP contribution in [0.2, 0.25) is 5.02 Å². The Morgan fingerprint density at radius 2 is 1.54 bits per heavy atom.